The highest BCUT2D eigenvalue weighted by Gasteiger charge is 2.56. The number of hydrogen-bond acceptors (Lipinski definition) is 4. The molecule has 3 unspecified atom stereocenters. The van der Waals surface area contributed by atoms with Crippen LogP contribution in [0.4, 0.5) is 4.79 Å². The van der Waals surface area contributed by atoms with Gasteiger partial charge in [-0.2, -0.15) is 0 Å². The molecular weight excluding hydrogens is 284 g/mol. The highest BCUT2D eigenvalue weighted by Crippen LogP contribution is 2.42. The number of imide groups is 1. The maximum atomic E-state index is 12.5. The average Bonchev–Trinajstić information content (AvgIpc) is 3.28. The van der Waals surface area contributed by atoms with E-state index >= 15 is 0 Å². The van der Waals surface area contributed by atoms with E-state index in [9.17, 15) is 14.4 Å². The largest absolute Gasteiger partial charge is 0.351 e. The van der Waals surface area contributed by atoms with Crippen LogP contribution in [0.2, 0.25) is 0 Å². The zero-order chi connectivity index (χ0) is 15.9. The third-order valence-electron chi connectivity index (χ3n) is 5.13. The summed E-state index contributed by atoms with van der Waals surface area (Å²) >= 11 is 0. The van der Waals surface area contributed by atoms with Gasteiger partial charge in [0.25, 0.3) is 5.91 Å². The summed E-state index contributed by atoms with van der Waals surface area (Å²) < 4.78 is 0. The molecule has 7 heteroatoms. The van der Waals surface area contributed by atoms with E-state index in [2.05, 4.69) is 22.9 Å². The predicted octanol–water partition coefficient (Wildman–Crippen LogP) is -0.179. The van der Waals surface area contributed by atoms with Gasteiger partial charge in [-0.3, -0.25) is 14.5 Å². The summed E-state index contributed by atoms with van der Waals surface area (Å²) in [6, 6.07) is -0.350. The van der Waals surface area contributed by atoms with E-state index in [1.165, 1.54) is 0 Å². The van der Waals surface area contributed by atoms with Gasteiger partial charge in [-0.25, -0.2) is 4.79 Å². The van der Waals surface area contributed by atoms with E-state index in [0.717, 1.165) is 37.3 Å². The Morgan fingerprint density at radius 1 is 1.36 bits per heavy atom. The minimum absolute atomic E-state index is 0.101. The molecule has 0 aromatic rings. The number of urea groups is 1. The molecule has 122 valence electrons. The zero-order valence-corrected chi connectivity index (χ0v) is 13.1. The van der Waals surface area contributed by atoms with Crippen molar-refractivity contribution >= 4 is 17.8 Å². The van der Waals surface area contributed by atoms with Gasteiger partial charge in [0, 0.05) is 6.04 Å². The molecule has 1 saturated carbocycles. The summed E-state index contributed by atoms with van der Waals surface area (Å²) in [4.78, 5) is 37.7. The molecule has 0 bridgehead atoms. The first kappa shape index (κ1) is 15.3. The molecule has 4 amide bonds. The van der Waals surface area contributed by atoms with E-state index in [0.29, 0.717) is 5.92 Å². The van der Waals surface area contributed by atoms with Gasteiger partial charge in [-0.05, 0) is 51.1 Å². The highest BCUT2D eigenvalue weighted by molar-refractivity contribution is 6.09. The predicted molar refractivity (Wildman–Crippen MR) is 80.0 cm³/mol. The van der Waals surface area contributed by atoms with Crippen molar-refractivity contribution in [2.75, 3.05) is 19.6 Å². The Bertz CT molecular complexity index is 505. The normalized spacial score (nSPS) is 35.5. The average molecular weight is 308 g/mol. The van der Waals surface area contributed by atoms with E-state index in [4.69, 9.17) is 0 Å². The lowest BCUT2D eigenvalue weighted by Gasteiger charge is -2.30. The van der Waals surface area contributed by atoms with Crippen LogP contribution in [0.15, 0.2) is 0 Å². The van der Waals surface area contributed by atoms with Crippen molar-refractivity contribution < 1.29 is 14.4 Å². The molecular formula is C15H24N4O3. The number of piperidine rings is 1. The summed E-state index contributed by atoms with van der Waals surface area (Å²) in [7, 11) is 0. The van der Waals surface area contributed by atoms with Gasteiger partial charge in [0.15, 0.2) is 0 Å². The minimum Gasteiger partial charge on any atom is -0.351 e. The summed E-state index contributed by atoms with van der Waals surface area (Å²) in [6.07, 6.45) is 2.77. The fourth-order valence-electron chi connectivity index (χ4n) is 3.42. The quantitative estimate of drug-likeness (QED) is 0.629. The number of rotatable bonds is 4. The van der Waals surface area contributed by atoms with E-state index in [1.807, 2.05) is 0 Å². The molecule has 3 rings (SSSR count). The standard InChI is InChI=1S/C15H24N4O3/c1-9-7-16-6-5-11(9)17-12(20)8-19-13(21)15(2,10-3-4-10)18-14(19)22/h9-11,16H,3-8H2,1-2H3,(H,17,20)(H,18,22). The first-order valence-electron chi connectivity index (χ1n) is 8.06. The topological polar surface area (TPSA) is 90.5 Å². The molecule has 0 aromatic heterocycles. The molecule has 3 aliphatic rings. The van der Waals surface area contributed by atoms with Crippen LogP contribution in [0.5, 0.6) is 0 Å². The van der Waals surface area contributed by atoms with Gasteiger partial charge in [-0.15, -0.1) is 0 Å². The fourth-order valence-corrected chi connectivity index (χ4v) is 3.42. The van der Waals surface area contributed by atoms with Crippen molar-refractivity contribution in [3.05, 3.63) is 0 Å². The molecule has 0 aromatic carbocycles. The number of carbonyl (C=O) groups excluding carboxylic acids is 3. The van der Waals surface area contributed by atoms with Gasteiger partial charge in [-0.1, -0.05) is 6.92 Å². The molecule has 3 N–H and O–H groups in total. The Hall–Kier alpha value is -1.63. The lowest BCUT2D eigenvalue weighted by atomic mass is 9.95. The van der Waals surface area contributed by atoms with Crippen molar-refractivity contribution in [3.8, 4) is 0 Å². The first-order valence-corrected chi connectivity index (χ1v) is 8.06. The van der Waals surface area contributed by atoms with Crippen LogP contribution in [-0.4, -0.2) is 54.0 Å². The second kappa shape index (κ2) is 5.53. The number of carbonyl (C=O) groups is 3. The molecule has 0 spiro atoms. The van der Waals surface area contributed by atoms with Gasteiger partial charge in [0.1, 0.15) is 12.1 Å². The smallest absolute Gasteiger partial charge is 0.325 e. The molecule has 2 heterocycles. The Morgan fingerprint density at radius 3 is 2.73 bits per heavy atom. The van der Waals surface area contributed by atoms with Crippen molar-refractivity contribution in [1.29, 1.82) is 0 Å². The van der Waals surface area contributed by atoms with Crippen molar-refractivity contribution in [3.63, 3.8) is 0 Å². The Morgan fingerprint density at radius 2 is 2.09 bits per heavy atom. The molecule has 2 aliphatic heterocycles. The highest BCUT2D eigenvalue weighted by atomic mass is 16.2. The van der Waals surface area contributed by atoms with Crippen LogP contribution in [-0.2, 0) is 9.59 Å². The lowest BCUT2D eigenvalue weighted by Crippen LogP contribution is -2.51. The van der Waals surface area contributed by atoms with E-state index in [-0.39, 0.29) is 30.3 Å². The van der Waals surface area contributed by atoms with Gasteiger partial charge in [0.05, 0.1) is 0 Å². The first-order chi connectivity index (χ1) is 10.4. The van der Waals surface area contributed by atoms with Crippen LogP contribution < -0.4 is 16.0 Å². The van der Waals surface area contributed by atoms with Gasteiger partial charge < -0.3 is 16.0 Å². The monoisotopic (exact) mass is 308 g/mol. The number of nitrogens with one attached hydrogen (secondary N) is 3. The van der Waals surface area contributed by atoms with Crippen molar-refractivity contribution in [2.24, 2.45) is 11.8 Å². The molecule has 1 aliphatic carbocycles. The third-order valence-corrected chi connectivity index (χ3v) is 5.13. The molecule has 2 saturated heterocycles. The zero-order valence-electron chi connectivity index (χ0n) is 13.1. The summed E-state index contributed by atoms with van der Waals surface area (Å²) in [5.41, 5.74) is -0.820. The van der Waals surface area contributed by atoms with Crippen LogP contribution in [0, 0.1) is 11.8 Å². The van der Waals surface area contributed by atoms with Crippen LogP contribution in [0.25, 0.3) is 0 Å². The molecule has 3 fully saturated rings. The minimum atomic E-state index is -0.820. The van der Waals surface area contributed by atoms with Gasteiger partial charge in [0.2, 0.25) is 5.91 Å². The Kier molecular flexibility index (Phi) is 3.84. The fraction of sp³-hybridized carbons (Fsp3) is 0.800. The number of nitrogens with zero attached hydrogens (tertiary/aromatic N) is 1. The Labute approximate surface area is 130 Å². The molecule has 22 heavy (non-hydrogen) atoms. The number of hydrogen-bond donors (Lipinski definition) is 3. The summed E-state index contributed by atoms with van der Waals surface area (Å²) in [5.74, 6) is 0.0230. The number of amides is 4. The van der Waals surface area contributed by atoms with Crippen molar-refractivity contribution in [1.82, 2.24) is 20.9 Å². The SMILES string of the molecule is CC1CNCCC1NC(=O)CN1C(=O)NC(C)(C2CC2)C1=O. The summed E-state index contributed by atoms with van der Waals surface area (Å²) in [5, 5.41) is 8.99. The third kappa shape index (κ3) is 2.69. The van der Waals surface area contributed by atoms with Crippen molar-refractivity contribution in [2.45, 2.75) is 44.7 Å². The van der Waals surface area contributed by atoms with Crippen LogP contribution in [0.3, 0.4) is 0 Å². The Balaban J connectivity index is 1.59. The molecule has 0 radical (unpaired) electrons. The van der Waals surface area contributed by atoms with E-state index in [1.54, 1.807) is 6.92 Å². The van der Waals surface area contributed by atoms with Crippen LogP contribution >= 0.6 is 0 Å². The van der Waals surface area contributed by atoms with Gasteiger partial charge >= 0.3 is 6.03 Å². The second-order valence-electron chi connectivity index (χ2n) is 6.94. The summed E-state index contributed by atoms with van der Waals surface area (Å²) in [6.45, 7) is 5.39. The maximum absolute atomic E-state index is 12.5. The van der Waals surface area contributed by atoms with Crippen LogP contribution in [0.1, 0.15) is 33.1 Å². The maximum Gasteiger partial charge on any atom is 0.325 e. The molecule has 7 nitrogen and oxygen atoms in total. The lowest BCUT2D eigenvalue weighted by molar-refractivity contribution is -0.135. The molecule has 3 atom stereocenters. The van der Waals surface area contributed by atoms with E-state index < -0.39 is 11.6 Å². The second-order valence-corrected chi connectivity index (χ2v) is 6.94.